The fraction of sp³-hybridized carbons (Fsp3) is 0.381. The quantitative estimate of drug-likeness (QED) is 0.756. The number of rotatable bonds is 5. The highest BCUT2D eigenvalue weighted by Gasteiger charge is 2.27. The monoisotopic (exact) mass is 450 g/mol. The molecule has 30 heavy (non-hydrogen) atoms. The van der Waals surface area contributed by atoms with Crippen LogP contribution in [0.2, 0.25) is 5.02 Å². The number of carbonyl (C=O) groups excluding carboxylic acids is 1. The van der Waals surface area contributed by atoms with Crippen LogP contribution < -0.4 is 14.8 Å². The van der Waals surface area contributed by atoms with E-state index in [2.05, 4.69) is 5.32 Å². The summed E-state index contributed by atoms with van der Waals surface area (Å²) in [4.78, 5) is 12.7. The highest BCUT2D eigenvalue weighted by atomic mass is 35.5. The molecule has 9 heteroatoms. The van der Waals surface area contributed by atoms with Gasteiger partial charge in [0.2, 0.25) is 10.0 Å². The van der Waals surface area contributed by atoms with Crippen LogP contribution in [0.4, 0.5) is 0 Å². The smallest absolute Gasteiger partial charge is 0.251 e. The van der Waals surface area contributed by atoms with Crippen molar-refractivity contribution in [3.63, 3.8) is 0 Å². The first-order chi connectivity index (χ1) is 14.4. The maximum absolute atomic E-state index is 12.6. The van der Waals surface area contributed by atoms with Crippen LogP contribution in [0.3, 0.4) is 0 Å². The lowest BCUT2D eigenvalue weighted by atomic mass is 10.1. The Morgan fingerprint density at radius 2 is 1.73 bits per heavy atom. The molecule has 0 aromatic heterocycles. The molecule has 7 nitrogen and oxygen atoms in total. The second kappa shape index (κ2) is 8.83. The fourth-order valence-corrected chi connectivity index (χ4v) is 5.33. The van der Waals surface area contributed by atoms with Gasteiger partial charge in [-0.2, -0.15) is 4.31 Å². The highest BCUT2D eigenvalue weighted by Crippen LogP contribution is 2.38. The lowest BCUT2D eigenvalue weighted by Gasteiger charge is -2.15. The number of nitrogens with zero attached hydrogens (tertiary/aromatic N) is 1. The number of amides is 1. The van der Waals surface area contributed by atoms with E-state index in [1.165, 1.54) is 28.6 Å². The summed E-state index contributed by atoms with van der Waals surface area (Å²) in [6.45, 7) is 2.44. The molecule has 4 rings (SSSR count). The first kappa shape index (κ1) is 21.0. The summed E-state index contributed by atoms with van der Waals surface area (Å²) in [6, 6.07) is 9.55. The number of sulfonamides is 1. The van der Waals surface area contributed by atoms with Crippen molar-refractivity contribution in [2.45, 2.75) is 30.7 Å². The molecule has 0 spiro atoms. The lowest BCUT2D eigenvalue weighted by Crippen LogP contribution is -2.28. The third-order valence-electron chi connectivity index (χ3n) is 5.13. The minimum atomic E-state index is -3.49. The molecule has 2 aliphatic rings. The molecule has 160 valence electrons. The summed E-state index contributed by atoms with van der Waals surface area (Å²) < 4.78 is 37.9. The Balaban J connectivity index is 1.42. The van der Waals surface area contributed by atoms with Crippen LogP contribution >= 0.6 is 11.6 Å². The molecule has 0 saturated carbocycles. The van der Waals surface area contributed by atoms with Crippen LogP contribution in [0.15, 0.2) is 41.3 Å². The van der Waals surface area contributed by atoms with Crippen molar-refractivity contribution < 1.29 is 22.7 Å². The standard InChI is InChI=1S/C21H23ClN2O5S/c22-18-12-15(13-19-20(18)29-11-3-10-28-19)14-23-21(25)16-4-6-17(7-5-16)30(26,27)24-8-1-2-9-24/h4-7,12-13H,1-3,8-11,14H2,(H,23,25). The van der Waals surface area contributed by atoms with E-state index in [1.54, 1.807) is 12.1 Å². The fourth-order valence-electron chi connectivity index (χ4n) is 3.53. The van der Waals surface area contributed by atoms with Gasteiger partial charge in [0.25, 0.3) is 5.91 Å². The average molecular weight is 451 g/mol. The number of hydrogen-bond acceptors (Lipinski definition) is 5. The van der Waals surface area contributed by atoms with Crippen molar-refractivity contribution in [1.29, 1.82) is 0 Å². The van der Waals surface area contributed by atoms with Gasteiger partial charge in [0.05, 0.1) is 23.1 Å². The highest BCUT2D eigenvalue weighted by molar-refractivity contribution is 7.89. The third kappa shape index (κ3) is 4.40. The van der Waals surface area contributed by atoms with Crippen LogP contribution in [0.5, 0.6) is 11.5 Å². The van der Waals surface area contributed by atoms with Crippen molar-refractivity contribution in [2.24, 2.45) is 0 Å². The van der Waals surface area contributed by atoms with E-state index >= 15 is 0 Å². The first-order valence-corrected chi connectivity index (χ1v) is 11.7. The minimum Gasteiger partial charge on any atom is -0.489 e. The Hall–Kier alpha value is -2.29. The summed E-state index contributed by atoms with van der Waals surface area (Å²) >= 11 is 6.29. The number of benzene rings is 2. The van der Waals surface area contributed by atoms with Crippen molar-refractivity contribution in [1.82, 2.24) is 9.62 Å². The van der Waals surface area contributed by atoms with Crippen LogP contribution in [0, 0.1) is 0 Å². The Morgan fingerprint density at radius 1 is 1.03 bits per heavy atom. The molecule has 0 unspecified atom stereocenters. The van der Waals surface area contributed by atoms with Gasteiger partial charge in [-0.25, -0.2) is 8.42 Å². The van der Waals surface area contributed by atoms with Gasteiger partial charge in [0.1, 0.15) is 0 Å². The summed E-state index contributed by atoms with van der Waals surface area (Å²) in [5, 5.41) is 3.26. The predicted octanol–water partition coefficient (Wildman–Crippen LogP) is 3.22. The molecule has 2 aromatic carbocycles. The average Bonchev–Trinajstić information content (AvgIpc) is 3.19. The molecule has 1 N–H and O–H groups in total. The maximum atomic E-state index is 12.6. The van der Waals surface area contributed by atoms with Crippen molar-refractivity contribution in [2.75, 3.05) is 26.3 Å². The van der Waals surface area contributed by atoms with Crippen LogP contribution in [0.1, 0.15) is 35.2 Å². The first-order valence-electron chi connectivity index (χ1n) is 9.91. The van der Waals surface area contributed by atoms with E-state index in [0.717, 1.165) is 24.8 Å². The molecule has 1 fully saturated rings. The van der Waals surface area contributed by atoms with E-state index < -0.39 is 10.0 Å². The number of hydrogen-bond donors (Lipinski definition) is 1. The van der Waals surface area contributed by atoms with E-state index in [4.69, 9.17) is 21.1 Å². The zero-order chi connectivity index (χ0) is 21.1. The summed E-state index contributed by atoms with van der Waals surface area (Å²) in [6.07, 6.45) is 2.54. The van der Waals surface area contributed by atoms with Gasteiger partial charge >= 0.3 is 0 Å². The van der Waals surface area contributed by atoms with Gasteiger partial charge in [-0.05, 0) is 54.8 Å². The van der Waals surface area contributed by atoms with Crippen molar-refractivity contribution in [3.8, 4) is 11.5 Å². The molecule has 0 aliphatic carbocycles. The normalized spacial score (nSPS) is 16.8. The van der Waals surface area contributed by atoms with E-state index in [1.807, 2.05) is 0 Å². The number of halogens is 1. The van der Waals surface area contributed by atoms with Gasteiger partial charge in [-0.15, -0.1) is 0 Å². The third-order valence-corrected chi connectivity index (χ3v) is 7.33. The van der Waals surface area contributed by atoms with E-state index in [0.29, 0.717) is 48.4 Å². The topological polar surface area (TPSA) is 84.9 Å². The van der Waals surface area contributed by atoms with Crippen LogP contribution in [-0.4, -0.2) is 44.9 Å². The summed E-state index contributed by atoms with van der Waals surface area (Å²) in [7, 11) is -3.49. The lowest BCUT2D eigenvalue weighted by molar-refractivity contribution is 0.0950. The Labute approximate surface area is 181 Å². The SMILES string of the molecule is O=C(NCc1cc(Cl)c2c(c1)OCCCO2)c1ccc(S(=O)(=O)N2CCCC2)cc1. The minimum absolute atomic E-state index is 0.204. The van der Waals surface area contributed by atoms with E-state index in [9.17, 15) is 13.2 Å². The van der Waals surface area contributed by atoms with Gasteiger partial charge < -0.3 is 14.8 Å². The van der Waals surface area contributed by atoms with Crippen molar-refractivity contribution >= 4 is 27.5 Å². The van der Waals surface area contributed by atoms with Crippen molar-refractivity contribution in [3.05, 3.63) is 52.5 Å². The Kier molecular flexibility index (Phi) is 6.17. The zero-order valence-electron chi connectivity index (χ0n) is 16.4. The number of carbonyl (C=O) groups is 1. The molecule has 0 radical (unpaired) electrons. The second-order valence-corrected chi connectivity index (χ2v) is 9.62. The second-order valence-electron chi connectivity index (χ2n) is 7.27. The summed E-state index contributed by atoms with van der Waals surface area (Å²) in [5.41, 5.74) is 1.17. The molecule has 0 bridgehead atoms. The van der Waals surface area contributed by atoms with Gasteiger partial charge in [0, 0.05) is 31.6 Å². The van der Waals surface area contributed by atoms with E-state index in [-0.39, 0.29) is 17.3 Å². The largest absolute Gasteiger partial charge is 0.489 e. The molecule has 1 saturated heterocycles. The predicted molar refractivity (Wildman–Crippen MR) is 113 cm³/mol. The van der Waals surface area contributed by atoms with Gasteiger partial charge in [-0.3, -0.25) is 4.79 Å². The van der Waals surface area contributed by atoms with Crippen LogP contribution in [-0.2, 0) is 16.6 Å². The molecular weight excluding hydrogens is 428 g/mol. The maximum Gasteiger partial charge on any atom is 0.251 e. The summed E-state index contributed by atoms with van der Waals surface area (Å²) in [5.74, 6) is 0.795. The number of ether oxygens (including phenoxy) is 2. The Morgan fingerprint density at radius 3 is 2.47 bits per heavy atom. The van der Waals surface area contributed by atoms with Gasteiger partial charge in [0.15, 0.2) is 11.5 Å². The molecule has 1 amide bonds. The number of fused-ring (bicyclic) bond motifs is 1. The molecule has 2 heterocycles. The Bertz CT molecular complexity index is 1030. The molecule has 2 aliphatic heterocycles. The molecular formula is C21H23ClN2O5S. The molecule has 0 atom stereocenters. The van der Waals surface area contributed by atoms with Gasteiger partial charge in [-0.1, -0.05) is 11.6 Å². The van der Waals surface area contributed by atoms with Crippen LogP contribution in [0.25, 0.3) is 0 Å². The number of nitrogens with one attached hydrogen (secondary N) is 1. The zero-order valence-corrected chi connectivity index (χ0v) is 18.0. The molecule has 2 aromatic rings.